The third kappa shape index (κ3) is 13.5. The number of nitrogens with one attached hydrogen (secondary N) is 1. The highest BCUT2D eigenvalue weighted by Crippen LogP contribution is 2.46. The third-order valence-electron chi connectivity index (χ3n) is 9.46. The number of halogens is 3. The van der Waals surface area contributed by atoms with Crippen LogP contribution in [0, 0.1) is 11.8 Å². The van der Waals surface area contributed by atoms with E-state index in [2.05, 4.69) is 71.3 Å². The second-order valence-electron chi connectivity index (χ2n) is 12.9. The van der Waals surface area contributed by atoms with Gasteiger partial charge in [0.05, 0.1) is 11.3 Å². The molecule has 1 aliphatic carbocycles. The molecule has 4 aliphatic rings. The fourth-order valence-electron chi connectivity index (χ4n) is 6.48. The summed E-state index contributed by atoms with van der Waals surface area (Å²) in [5.74, 6) is 6.76. The zero-order chi connectivity index (χ0) is 36.6. The van der Waals surface area contributed by atoms with E-state index in [4.69, 9.17) is 10.8 Å². The molecular weight excluding hydrogens is 896 g/mol. The van der Waals surface area contributed by atoms with Gasteiger partial charge in [0.15, 0.2) is 0 Å². The number of nitrogens with two attached hydrogens (primary N) is 1. The van der Waals surface area contributed by atoms with Crippen LogP contribution < -0.4 is 11.1 Å². The van der Waals surface area contributed by atoms with Crippen LogP contribution in [0.25, 0.3) is 0 Å². The maximum atomic E-state index is 12.3. The van der Waals surface area contributed by atoms with Crippen LogP contribution in [0.15, 0.2) is 80.1 Å². The number of aliphatic carboxylic acids is 1. The number of carbonyl (C=O) groups is 3. The van der Waals surface area contributed by atoms with Crippen LogP contribution in [0.1, 0.15) is 60.8 Å². The van der Waals surface area contributed by atoms with Gasteiger partial charge in [0.1, 0.15) is 5.78 Å². The van der Waals surface area contributed by atoms with E-state index >= 15 is 0 Å². The van der Waals surface area contributed by atoms with Crippen molar-refractivity contribution >= 4 is 101 Å². The Bertz CT molecular complexity index is 1590. The van der Waals surface area contributed by atoms with E-state index in [1.165, 1.54) is 11.1 Å². The van der Waals surface area contributed by atoms with Gasteiger partial charge in [0.2, 0.25) is 5.91 Å². The Labute approximate surface area is 340 Å². The lowest BCUT2D eigenvalue weighted by atomic mass is 9.76. The van der Waals surface area contributed by atoms with Crippen molar-refractivity contribution in [2.24, 2.45) is 17.6 Å². The SMILES string of the molecule is NCc1cccc(Br)c1.O=C(NCc1cccc(Br)c1)C1CCSCC1.O=C(O)C1CCSCC1.O=C1Cc2cc(Br)ccc2C12CCSCC2. The van der Waals surface area contributed by atoms with Gasteiger partial charge >= 0.3 is 5.97 Å². The van der Waals surface area contributed by atoms with Crippen LogP contribution in [0.3, 0.4) is 0 Å². The molecule has 4 N–H and O–H groups in total. The minimum atomic E-state index is -0.615. The van der Waals surface area contributed by atoms with Gasteiger partial charge in [-0.15, -0.1) is 0 Å². The number of carboxylic acids is 1. The van der Waals surface area contributed by atoms with E-state index in [1.54, 1.807) is 0 Å². The lowest BCUT2D eigenvalue weighted by Gasteiger charge is -2.32. The quantitative estimate of drug-likeness (QED) is 0.232. The standard InChI is InChI=1S/C13H16BrNOS.C13H13BrOS.C7H8BrN.C6H10O2S/c14-12-3-1-2-10(8-12)9-15-13(16)11-4-6-17-7-5-11;14-10-1-2-11-9(7-10)8-12(15)13(11)3-5-16-6-4-13;8-7-3-1-2-6(4-7)5-9;7-6(8)5-1-3-9-4-2-5/h1-3,8,11H,4-7,9H2,(H,15,16);1-2,7H,3-6,8H2;1-4H,5,9H2;5H,1-4H2,(H,7,8). The van der Waals surface area contributed by atoms with E-state index in [-0.39, 0.29) is 23.2 Å². The van der Waals surface area contributed by atoms with Crippen molar-refractivity contribution in [2.75, 3.05) is 34.5 Å². The molecule has 0 aromatic heterocycles. The van der Waals surface area contributed by atoms with Crippen LogP contribution in [0.2, 0.25) is 0 Å². The van der Waals surface area contributed by atoms with Gasteiger partial charge in [-0.25, -0.2) is 0 Å². The molecule has 0 bridgehead atoms. The lowest BCUT2D eigenvalue weighted by Crippen LogP contribution is -2.36. The fraction of sp³-hybridized carbons (Fsp3) is 0.462. The summed E-state index contributed by atoms with van der Waals surface area (Å²) in [5, 5.41) is 11.6. The lowest BCUT2D eigenvalue weighted by molar-refractivity contribution is -0.142. The Hall–Kier alpha value is -1.28. The molecular formula is C39H47Br3N2O4S3. The topological polar surface area (TPSA) is 109 Å². The van der Waals surface area contributed by atoms with Gasteiger partial charge < -0.3 is 16.2 Å². The van der Waals surface area contributed by atoms with Gasteiger partial charge in [-0.05, 0) is 132 Å². The first-order valence-corrected chi connectivity index (χ1v) is 23.2. The van der Waals surface area contributed by atoms with Crippen molar-refractivity contribution in [3.63, 3.8) is 0 Å². The largest absolute Gasteiger partial charge is 0.481 e. The maximum Gasteiger partial charge on any atom is 0.306 e. The first-order chi connectivity index (χ1) is 24.6. The Balaban J connectivity index is 0.000000159. The number of hydrogen-bond donors (Lipinski definition) is 3. The minimum absolute atomic E-state index is 0.0498. The van der Waals surface area contributed by atoms with Gasteiger partial charge in [0, 0.05) is 38.8 Å². The second kappa shape index (κ2) is 22.2. The van der Waals surface area contributed by atoms with Crippen molar-refractivity contribution in [1.29, 1.82) is 0 Å². The normalized spacial score (nSPS) is 18.2. The number of benzene rings is 3. The van der Waals surface area contributed by atoms with Crippen molar-refractivity contribution in [3.8, 4) is 0 Å². The molecule has 3 fully saturated rings. The molecule has 0 unspecified atom stereocenters. The zero-order valence-corrected chi connectivity index (χ0v) is 35.9. The summed E-state index contributed by atoms with van der Waals surface area (Å²) in [6.45, 7) is 1.24. The minimum Gasteiger partial charge on any atom is -0.481 e. The molecule has 1 spiro atoms. The number of hydrogen-bond acceptors (Lipinski definition) is 7. The molecule has 0 radical (unpaired) electrons. The summed E-state index contributed by atoms with van der Waals surface area (Å²) in [7, 11) is 0. The fourth-order valence-corrected chi connectivity index (χ4v) is 11.2. The highest BCUT2D eigenvalue weighted by atomic mass is 79.9. The van der Waals surface area contributed by atoms with Crippen molar-refractivity contribution in [2.45, 2.75) is 63.5 Å². The van der Waals surface area contributed by atoms with E-state index in [0.29, 0.717) is 25.3 Å². The predicted molar refractivity (Wildman–Crippen MR) is 227 cm³/mol. The summed E-state index contributed by atoms with van der Waals surface area (Å²) in [6.07, 6.45) is 6.47. The van der Waals surface area contributed by atoms with Gasteiger partial charge in [-0.3, -0.25) is 14.4 Å². The molecule has 0 atom stereocenters. The summed E-state index contributed by atoms with van der Waals surface area (Å²) in [4.78, 5) is 34.6. The number of amides is 1. The number of thioether (sulfide) groups is 3. The average molecular weight is 944 g/mol. The molecule has 3 heterocycles. The van der Waals surface area contributed by atoms with Crippen LogP contribution in [0.4, 0.5) is 0 Å². The number of carbonyl (C=O) groups excluding carboxylic acids is 2. The van der Waals surface area contributed by atoms with Crippen molar-refractivity contribution < 1.29 is 19.5 Å². The Morgan fingerprint density at radius 3 is 1.80 bits per heavy atom. The second-order valence-corrected chi connectivity index (χ2v) is 19.3. The molecule has 7 rings (SSSR count). The Morgan fingerprint density at radius 1 is 0.745 bits per heavy atom. The van der Waals surface area contributed by atoms with Gasteiger partial charge in [0.25, 0.3) is 0 Å². The number of ketones is 1. The molecule has 6 nitrogen and oxygen atoms in total. The maximum absolute atomic E-state index is 12.3. The zero-order valence-electron chi connectivity index (χ0n) is 28.7. The van der Waals surface area contributed by atoms with E-state index < -0.39 is 5.97 Å². The van der Waals surface area contributed by atoms with Crippen molar-refractivity contribution in [1.82, 2.24) is 5.32 Å². The molecule has 276 valence electrons. The van der Waals surface area contributed by atoms with E-state index in [9.17, 15) is 14.4 Å². The summed E-state index contributed by atoms with van der Waals surface area (Å²) < 4.78 is 3.23. The summed E-state index contributed by atoms with van der Waals surface area (Å²) in [6, 6.07) is 22.4. The molecule has 0 saturated carbocycles. The predicted octanol–water partition coefficient (Wildman–Crippen LogP) is 9.67. The Morgan fingerprint density at radius 2 is 1.27 bits per heavy atom. The number of fused-ring (bicyclic) bond motifs is 2. The van der Waals surface area contributed by atoms with Gasteiger partial charge in [-0.2, -0.15) is 35.3 Å². The molecule has 1 amide bonds. The molecule has 12 heteroatoms. The van der Waals surface area contributed by atoms with Crippen LogP contribution in [0.5, 0.6) is 0 Å². The van der Waals surface area contributed by atoms with Gasteiger partial charge in [-0.1, -0.05) is 78.1 Å². The first-order valence-electron chi connectivity index (χ1n) is 17.4. The molecule has 51 heavy (non-hydrogen) atoms. The van der Waals surface area contributed by atoms with E-state index in [1.807, 2.05) is 83.8 Å². The van der Waals surface area contributed by atoms with E-state index in [0.717, 1.165) is 97.6 Å². The molecule has 3 aromatic carbocycles. The average Bonchev–Trinajstić information content (AvgIpc) is 3.40. The summed E-state index contributed by atoms with van der Waals surface area (Å²) >= 11 is 16.0. The van der Waals surface area contributed by atoms with Crippen molar-refractivity contribution in [3.05, 3.63) is 102 Å². The molecule has 3 aliphatic heterocycles. The van der Waals surface area contributed by atoms with Crippen LogP contribution in [-0.2, 0) is 39.3 Å². The molecule has 3 aromatic rings. The summed E-state index contributed by atoms with van der Waals surface area (Å²) in [5.41, 5.74) is 10.1. The Kier molecular flexibility index (Phi) is 18.5. The monoisotopic (exact) mass is 940 g/mol. The smallest absolute Gasteiger partial charge is 0.306 e. The number of rotatable bonds is 5. The number of Topliss-reactive ketones (excluding diaryl/α,β-unsaturated/α-hetero) is 1. The number of carboxylic acid groups (broad SMARTS) is 1. The highest BCUT2D eigenvalue weighted by molar-refractivity contribution is 9.11. The third-order valence-corrected chi connectivity index (χ3v) is 14.0. The van der Waals surface area contributed by atoms with Crippen LogP contribution in [-0.4, -0.2) is 57.3 Å². The van der Waals surface area contributed by atoms with Crippen LogP contribution >= 0.6 is 83.1 Å². The highest BCUT2D eigenvalue weighted by Gasteiger charge is 2.46. The molecule has 3 saturated heterocycles. The first kappa shape index (κ1) is 42.5.